The first kappa shape index (κ1) is 20.2. The number of rotatable bonds is 12. The zero-order valence-electron chi connectivity index (χ0n) is 13.0. The van der Waals surface area contributed by atoms with Crippen molar-refractivity contribution in [1.82, 2.24) is 5.06 Å². The van der Waals surface area contributed by atoms with Crippen molar-refractivity contribution in [3.05, 3.63) is 0 Å². The van der Waals surface area contributed by atoms with Crippen LogP contribution < -0.4 is 0 Å². The smallest absolute Gasteiger partial charge is 0.303 e. The Kier molecular flexibility index (Phi) is 10.5. The Hall–Kier alpha value is -0.750. The quantitative estimate of drug-likeness (QED) is 0.257. The van der Waals surface area contributed by atoms with Crippen LogP contribution in [0.25, 0.3) is 0 Å². The Bertz CT molecular complexity index is 364. The largest absolute Gasteiger partial charge is 0.396 e. The van der Waals surface area contributed by atoms with Crippen molar-refractivity contribution in [3.8, 4) is 0 Å². The van der Waals surface area contributed by atoms with Crippen LogP contribution in [0.4, 0.5) is 0 Å². The summed E-state index contributed by atoms with van der Waals surface area (Å²) in [5.74, 6) is -0.570. The van der Waals surface area contributed by atoms with Gasteiger partial charge in [0.15, 0.2) is 0 Å². The Labute approximate surface area is 126 Å². The van der Waals surface area contributed by atoms with E-state index >= 15 is 0 Å². The molecule has 0 aromatic heterocycles. The molecule has 0 aliphatic carbocycles. The second kappa shape index (κ2) is 10.9. The van der Waals surface area contributed by atoms with Gasteiger partial charge in [-0.1, -0.05) is 19.8 Å². The zero-order valence-corrected chi connectivity index (χ0v) is 13.9. The van der Waals surface area contributed by atoms with Crippen LogP contribution in [0.1, 0.15) is 52.9 Å². The van der Waals surface area contributed by atoms with Crippen molar-refractivity contribution in [1.29, 1.82) is 0 Å². The molecule has 0 saturated heterocycles. The van der Waals surface area contributed by atoms with Gasteiger partial charge < -0.3 is 9.05 Å². The molecule has 0 heterocycles. The molecular formula is C13H26NO6P. The third-order valence-electron chi connectivity index (χ3n) is 2.72. The van der Waals surface area contributed by atoms with Gasteiger partial charge in [-0.25, -0.2) is 5.06 Å². The maximum absolute atomic E-state index is 12.1. The summed E-state index contributed by atoms with van der Waals surface area (Å²) in [7, 11) is -3.81. The van der Waals surface area contributed by atoms with Gasteiger partial charge in [0.1, 0.15) is 0 Å². The van der Waals surface area contributed by atoms with Crippen LogP contribution in [0.5, 0.6) is 0 Å². The van der Waals surface area contributed by atoms with Gasteiger partial charge in [-0.05, 0) is 20.3 Å². The molecule has 0 rings (SSSR count). The summed E-state index contributed by atoms with van der Waals surface area (Å²) in [6.07, 6.45) is 2.09. The standard InChI is InChI=1S/C13H26NO6P/c1-4-7-8-11-14(17)12(15)9-10-13(16)21(18,19-5-2)20-6-3/h17H,4-11H2,1-3H3. The van der Waals surface area contributed by atoms with E-state index in [0.717, 1.165) is 12.8 Å². The molecule has 0 bridgehead atoms. The summed E-state index contributed by atoms with van der Waals surface area (Å²) >= 11 is 0. The van der Waals surface area contributed by atoms with Crippen molar-refractivity contribution >= 4 is 19.0 Å². The third kappa shape index (κ3) is 7.71. The monoisotopic (exact) mass is 323 g/mol. The summed E-state index contributed by atoms with van der Waals surface area (Å²) < 4.78 is 21.9. The van der Waals surface area contributed by atoms with E-state index in [1.54, 1.807) is 13.8 Å². The van der Waals surface area contributed by atoms with Crippen LogP contribution in [0.3, 0.4) is 0 Å². The summed E-state index contributed by atoms with van der Waals surface area (Å²) in [6, 6.07) is 0. The Morgan fingerprint density at radius 1 is 1.05 bits per heavy atom. The van der Waals surface area contributed by atoms with E-state index in [1.807, 2.05) is 6.92 Å². The first-order valence-electron chi connectivity index (χ1n) is 7.33. The fraction of sp³-hybridized carbons (Fsp3) is 0.846. The lowest BCUT2D eigenvalue weighted by Crippen LogP contribution is -2.28. The Morgan fingerprint density at radius 2 is 1.62 bits per heavy atom. The lowest BCUT2D eigenvalue weighted by molar-refractivity contribution is -0.165. The van der Waals surface area contributed by atoms with Crippen molar-refractivity contribution in [3.63, 3.8) is 0 Å². The van der Waals surface area contributed by atoms with E-state index < -0.39 is 19.0 Å². The van der Waals surface area contributed by atoms with Crippen molar-refractivity contribution in [2.24, 2.45) is 0 Å². The van der Waals surface area contributed by atoms with Gasteiger partial charge in [-0.3, -0.25) is 19.4 Å². The predicted octanol–water partition coefficient (Wildman–Crippen LogP) is 2.97. The van der Waals surface area contributed by atoms with Crippen LogP contribution in [-0.4, -0.2) is 41.5 Å². The van der Waals surface area contributed by atoms with E-state index in [9.17, 15) is 19.4 Å². The minimum Gasteiger partial charge on any atom is -0.303 e. The van der Waals surface area contributed by atoms with E-state index in [2.05, 4.69) is 0 Å². The van der Waals surface area contributed by atoms with Crippen molar-refractivity contribution < 1.29 is 28.4 Å². The number of unbranched alkanes of at least 4 members (excludes halogenated alkanes) is 2. The number of amides is 1. The molecule has 0 fully saturated rings. The molecule has 0 aromatic rings. The Balaban J connectivity index is 4.32. The van der Waals surface area contributed by atoms with Gasteiger partial charge in [-0.2, -0.15) is 0 Å². The molecule has 0 aromatic carbocycles. The van der Waals surface area contributed by atoms with E-state index in [1.165, 1.54) is 0 Å². The molecule has 1 N–H and O–H groups in total. The van der Waals surface area contributed by atoms with Crippen LogP contribution in [0, 0.1) is 0 Å². The predicted molar refractivity (Wildman–Crippen MR) is 78.1 cm³/mol. The van der Waals surface area contributed by atoms with Gasteiger partial charge in [-0.15, -0.1) is 0 Å². The van der Waals surface area contributed by atoms with Crippen molar-refractivity contribution in [2.75, 3.05) is 19.8 Å². The lowest BCUT2D eigenvalue weighted by atomic mass is 10.2. The SMILES string of the molecule is CCCCCN(O)C(=O)CCC(=O)P(=O)(OCC)OCC. The Morgan fingerprint density at radius 3 is 2.10 bits per heavy atom. The molecule has 0 saturated carbocycles. The maximum atomic E-state index is 12.1. The summed E-state index contributed by atoms with van der Waals surface area (Å²) in [5.41, 5.74) is -0.735. The number of hydroxylamine groups is 2. The number of hydrogen-bond donors (Lipinski definition) is 1. The van der Waals surface area contributed by atoms with E-state index in [-0.39, 0.29) is 32.6 Å². The highest BCUT2D eigenvalue weighted by molar-refractivity contribution is 7.71. The highest BCUT2D eigenvalue weighted by atomic mass is 31.2. The summed E-state index contributed by atoms with van der Waals surface area (Å²) in [6.45, 7) is 5.62. The second-order valence-corrected chi connectivity index (χ2v) is 6.46. The molecule has 0 radical (unpaired) electrons. The molecule has 124 valence electrons. The van der Waals surface area contributed by atoms with Gasteiger partial charge in [0.05, 0.1) is 13.2 Å². The molecule has 8 heteroatoms. The number of carbonyl (C=O) groups excluding carboxylic acids is 2. The van der Waals surface area contributed by atoms with Gasteiger partial charge in [0, 0.05) is 19.4 Å². The minimum absolute atomic E-state index is 0.0834. The summed E-state index contributed by atoms with van der Waals surface area (Å²) in [4.78, 5) is 23.5. The van der Waals surface area contributed by atoms with Crippen molar-refractivity contribution in [2.45, 2.75) is 52.9 Å². The van der Waals surface area contributed by atoms with E-state index in [4.69, 9.17) is 9.05 Å². The zero-order chi connectivity index (χ0) is 16.3. The molecular weight excluding hydrogens is 297 g/mol. The number of hydrogen-bond acceptors (Lipinski definition) is 6. The highest BCUT2D eigenvalue weighted by Gasteiger charge is 2.34. The second-order valence-electron chi connectivity index (χ2n) is 4.45. The van der Waals surface area contributed by atoms with Crippen LogP contribution >= 0.6 is 7.60 Å². The average Bonchev–Trinajstić information content (AvgIpc) is 2.44. The number of nitrogens with zero attached hydrogens (tertiary/aromatic N) is 1. The topological polar surface area (TPSA) is 93.1 Å². The molecule has 0 aliphatic heterocycles. The van der Waals surface area contributed by atoms with Crippen LogP contribution in [0.2, 0.25) is 0 Å². The fourth-order valence-electron chi connectivity index (χ4n) is 1.64. The molecule has 0 atom stereocenters. The molecule has 21 heavy (non-hydrogen) atoms. The number of carbonyl (C=O) groups is 2. The van der Waals surface area contributed by atoms with Gasteiger partial charge in [0.2, 0.25) is 11.4 Å². The fourth-order valence-corrected chi connectivity index (χ4v) is 3.07. The van der Waals surface area contributed by atoms with Crippen LogP contribution in [-0.2, 0) is 23.2 Å². The average molecular weight is 323 g/mol. The molecule has 0 aliphatic rings. The minimum atomic E-state index is -3.81. The normalized spacial score (nSPS) is 11.4. The highest BCUT2D eigenvalue weighted by Crippen LogP contribution is 2.50. The first-order valence-corrected chi connectivity index (χ1v) is 8.87. The first-order chi connectivity index (χ1) is 9.91. The third-order valence-corrected chi connectivity index (χ3v) is 4.75. The molecule has 7 nitrogen and oxygen atoms in total. The molecule has 0 spiro atoms. The summed E-state index contributed by atoms with van der Waals surface area (Å²) in [5, 5.41) is 10.1. The van der Waals surface area contributed by atoms with E-state index in [0.29, 0.717) is 11.5 Å². The molecule has 1 amide bonds. The van der Waals surface area contributed by atoms with Gasteiger partial charge in [0.25, 0.3) is 0 Å². The van der Waals surface area contributed by atoms with Crippen LogP contribution in [0.15, 0.2) is 0 Å². The maximum Gasteiger partial charge on any atom is 0.396 e. The molecule has 0 unspecified atom stereocenters. The lowest BCUT2D eigenvalue weighted by Gasteiger charge is -2.17. The van der Waals surface area contributed by atoms with Gasteiger partial charge >= 0.3 is 7.60 Å².